The Kier molecular flexibility index (Phi) is 3.38. The molecule has 0 aliphatic heterocycles. The predicted molar refractivity (Wildman–Crippen MR) is 34.6 cm³/mol. The summed E-state index contributed by atoms with van der Waals surface area (Å²) < 4.78 is 0. The molecule has 48 valence electrons. The fourth-order valence-electron chi connectivity index (χ4n) is 0.476. The van der Waals surface area contributed by atoms with Crippen LogP contribution in [0.4, 0.5) is 0 Å². The van der Waals surface area contributed by atoms with Crippen molar-refractivity contribution in [1.29, 1.82) is 5.26 Å². The normalized spacial score (nSPS) is 11.6. The van der Waals surface area contributed by atoms with Crippen LogP contribution in [0.3, 0.4) is 0 Å². The minimum atomic E-state index is -0.484. The molecule has 0 fully saturated rings. The van der Waals surface area contributed by atoms with E-state index in [0.29, 0.717) is 6.42 Å². The van der Waals surface area contributed by atoms with Gasteiger partial charge in [-0.1, -0.05) is 6.08 Å². The first kappa shape index (κ1) is 7.90. The average molecular weight is 123 g/mol. The highest BCUT2D eigenvalue weighted by atomic mass is 16.1. The van der Waals surface area contributed by atoms with Gasteiger partial charge in [0.05, 0.1) is 6.07 Å². The number of nitrogens with zero attached hydrogens (tertiary/aromatic N) is 1. The SMILES string of the molecule is C=CC[C@@H](C#N)C(C)=O. The van der Waals surface area contributed by atoms with Crippen LogP contribution < -0.4 is 0 Å². The van der Waals surface area contributed by atoms with Crippen LogP contribution in [0.25, 0.3) is 0 Å². The third kappa shape index (κ3) is 2.65. The summed E-state index contributed by atoms with van der Waals surface area (Å²) >= 11 is 0. The number of hydrogen-bond acceptors (Lipinski definition) is 2. The van der Waals surface area contributed by atoms with Gasteiger partial charge in [-0.15, -0.1) is 6.58 Å². The van der Waals surface area contributed by atoms with Gasteiger partial charge in [-0.3, -0.25) is 4.79 Å². The molecule has 0 N–H and O–H groups in total. The number of nitriles is 1. The van der Waals surface area contributed by atoms with Gasteiger partial charge in [-0.25, -0.2) is 0 Å². The van der Waals surface area contributed by atoms with Crippen LogP contribution in [0.2, 0.25) is 0 Å². The van der Waals surface area contributed by atoms with Gasteiger partial charge in [0.25, 0.3) is 0 Å². The number of carbonyl (C=O) groups is 1. The molecule has 2 heteroatoms. The lowest BCUT2D eigenvalue weighted by Crippen LogP contribution is -2.06. The largest absolute Gasteiger partial charge is 0.299 e. The van der Waals surface area contributed by atoms with Gasteiger partial charge in [0.15, 0.2) is 0 Å². The Morgan fingerprint density at radius 2 is 2.56 bits per heavy atom. The molecular formula is C7H9NO. The number of rotatable bonds is 3. The lowest BCUT2D eigenvalue weighted by Gasteiger charge is -1.96. The van der Waals surface area contributed by atoms with Crippen molar-refractivity contribution in [1.82, 2.24) is 0 Å². The number of carbonyl (C=O) groups excluding carboxylic acids is 1. The summed E-state index contributed by atoms with van der Waals surface area (Å²) in [5, 5.41) is 8.31. The van der Waals surface area contributed by atoms with E-state index in [2.05, 4.69) is 6.58 Å². The van der Waals surface area contributed by atoms with Crippen molar-refractivity contribution in [2.75, 3.05) is 0 Å². The van der Waals surface area contributed by atoms with Gasteiger partial charge in [0, 0.05) is 0 Å². The van der Waals surface area contributed by atoms with E-state index >= 15 is 0 Å². The summed E-state index contributed by atoms with van der Waals surface area (Å²) in [5.74, 6) is -0.570. The van der Waals surface area contributed by atoms with E-state index in [1.165, 1.54) is 6.92 Å². The zero-order valence-corrected chi connectivity index (χ0v) is 5.42. The molecule has 0 rings (SSSR count). The summed E-state index contributed by atoms with van der Waals surface area (Å²) in [6.07, 6.45) is 2.04. The van der Waals surface area contributed by atoms with E-state index in [9.17, 15) is 4.79 Å². The van der Waals surface area contributed by atoms with Gasteiger partial charge >= 0.3 is 0 Å². The molecule has 0 aliphatic rings. The summed E-state index contributed by atoms with van der Waals surface area (Å²) in [6, 6.07) is 1.88. The number of hydrogen-bond donors (Lipinski definition) is 0. The van der Waals surface area contributed by atoms with E-state index in [1.807, 2.05) is 6.07 Å². The molecule has 0 heterocycles. The molecule has 9 heavy (non-hydrogen) atoms. The Morgan fingerprint density at radius 3 is 2.67 bits per heavy atom. The van der Waals surface area contributed by atoms with Crippen LogP contribution in [0.5, 0.6) is 0 Å². The topological polar surface area (TPSA) is 40.9 Å². The fraction of sp³-hybridized carbons (Fsp3) is 0.429. The van der Waals surface area contributed by atoms with Crippen molar-refractivity contribution in [3.63, 3.8) is 0 Å². The lowest BCUT2D eigenvalue weighted by atomic mass is 10.0. The maximum Gasteiger partial charge on any atom is 0.147 e. The van der Waals surface area contributed by atoms with E-state index < -0.39 is 5.92 Å². The summed E-state index contributed by atoms with van der Waals surface area (Å²) in [5.41, 5.74) is 0. The Bertz CT molecular complexity index is 155. The van der Waals surface area contributed by atoms with Crippen molar-refractivity contribution in [3.8, 4) is 6.07 Å². The molecule has 0 radical (unpaired) electrons. The zero-order valence-electron chi connectivity index (χ0n) is 5.42. The standard InChI is InChI=1S/C7H9NO/c1-3-4-7(5-8)6(2)9/h3,7H,1,4H2,2H3/t7-/m0/s1. The van der Waals surface area contributed by atoms with Crippen LogP contribution >= 0.6 is 0 Å². The molecule has 0 saturated carbocycles. The third-order valence-electron chi connectivity index (χ3n) is 1.05. The Hall–Kier alpha value is -1.10. The molecule has 0 unspecified atom stereocenters. The van der Waals surface area contributed by atoms with Crippen LogP contribution in [0, 0.1) is 17.2 Å². The fourth-order valence-corrected chi connectivity index (χ4v) is 0.476. The summed E-state index contributed by atoms with van der Waals surface area (Å²) in [6.45, 7) is 4.84. The molecule has 0 aromatic heterocycles. The molecule has 2 nitrogen and oxygen atoms in total. The second-order valence-corrected chi connectivity index (χ2v) is 1.82. The first-order chi connectivity index (χ1) is 4.22. The minimum absolute atomic E-state index is 0.0857. The van der Waals surface area contributed by atoms with Crippen LogP contribution in [0.1, 0.15) is 13.3 Å². The van der Waals surface area contributed by atoms with Crippen LogP contribution in [-0.2, 0) is 4.79 Å². The molecule has 1 atom stereocenters. The molecule has 0 saturated heterocycles. The van der Waals surface area contributed by atoms with E-state index in [1.54, 1.807) is 6.08 Å². The van der Waals surface area contributed by atoms with E-state index in [4.69, 9.17) is 5.26 Å². The molecule has 0 spiro atoms. The molecule has 0 amide bonds. The third-order valence-corrected chi connectivity index (χ3v) is 1.05. The smallest absolute Gasteiger partial charge is 0.147 e. The summed E-state index contributed by atoms with van der Waals surface area (Å²) in [7, 11) is 0. The van der Waals surface area contributed by atoms with Gasteiger partial charge in [-0.05, 0) is 13.3 Å². The van der Waals surface area contributed by atoms with E-state index in [-0.39, 0.29) is 5.78 Å². The van der Waals surface area contributed by atoms with Crippen LogP contribution in [0.15, 0.2) is 12.7 Å². The predicted octanol–water partition coefficient (Wildman–Crippen LogP) is 1.29. The Morgan fingerprint density at radius 1 is 2.00 bits per heavy atom. The molecule has 0 bridgehead atoms. The second kappa shape index (κ2) is 3.85. The Balaban J connectivity index is 3.86. The molecule has 0 aliphatic carbocycles. The number of ketones is 1. The van der Waals surface area contributed by atoms with Gasteiger partial charge in [-0.2, -0.15) is 5.26 Å². The second-order valence-electron chi connectivity index (χ2n) is 1.82. The molecule has 0 aromatic carbocycles. The minimum Gasteiger partial charge on any atom is -0.299 e. The first-order valence-electron chi connectivity index (χ1n) is 2.73. The van der Waals surface area contributed by atoms with Gasteiger partial charge in [0.1, 0.15) is 11.7 Å². The molecular weight excluding hydrogens is 114 g/mol. The van der Waals surface area contributed by atoms with Crippen molar-refractivity contribution < 1.29 is 4.79 Å². The van der Waals surface area contributed by atoms with Crippen molar-refractivity contribution >= 4 is 5.78 Å². The average Bonchev–Trinajstić information content (AvgIpc) is 1.82. The monoisotopic (exact) mass is 123 g/mol. The van der Waals surface area contributed by atoms with Gasteiger partial charge < -0.3 is 0 Å². The van der Waals surface area contributed by atoms with E-state index in [0.717, 1.165) is 0 Å². The highest BCUT2D eigenvalue weighted by molar-refractivity contribution is 5.80. The highest BCUT2D eigenvalue weighted by Crippen LogP contribution is 2.01. The van der Waals surface area contributed by atoms with Crippen molar-refractivity contribution in [2.24, 2.45) is 5.92 Å². The number of Topliss-reactive ketones (excluding diaryl/α,β-unsaturated/α-hetero) is 1. The maximum atomic E-state index is 10.5. The molecule has 0 aromatic rings. The highest BCUT2D eigenvalue weighted by Gasteiger charge is 2.08. The quantitative estimate of drug-likeness (QED) is 0.530. The maximum absolute atomic E-state index is 10.5. The van der Waals surface area contributed by atoms with Crippen molar-refractivity contribution in [3.05, 3.63) is 12.7 Å². The van der Waals surface area contributed by atoms with Crippen LogP contribution in [-0.4, -0.2) is 5.78 Å². The lowest BCUT2D eigenvalue weighted by molar-refractivity contribution is -0.119. The number of allylic oxidation sites excluding steroid dienone is 1. The van der Waals surface area contributed by atoms with Crippen molar-refractivity contribution in [2.45, 2.75) is 13.3 Å². The van der Waals surface area contributed by atoms with Gasteiger partial charge in [0.2, 0.25) is 0 Å². The zero-order chi connectivity index (χ0) is 7.28. The summed E-state index contributed by atoms with van der Waals surface area (Å²) in [4.78, 5) is 10.5. The Labute approximate surface area is 54.8 Å². The first-order valence-corrected chi connectivity index (χ1v) is 2.73.